The molecule has 0 bridgehead atoms. The van der Waals surface area contributed by atoms with Crippen molar-refractivity contribution >= 4 is 11.6 Å². The number of aryl methyl sites for hydroxylation is 2. The van der Waals surface area contributed by atoms with E-state index in [0.717, 1.165) is 22.4 Å². The monoisotopic (exact) mass is 228 g/mol. The summed E-state index contributed by atoms with van der Waals surface area (Å²) in [6.45, 7) is 5.71. The molecule has 2 nitrogen and oxygen atoms in total. The maximum Gasteiger partial charge on any atom is 0.127 e. The van der Waals surface area contributed by atoms with Gasteiger partial charge in [0.25, 0.3) is 0 Å². The third-order valence-electron chi connectivity index (χ3n) is 2.41. The van der Waals surface area contributed by atoms with E-state index in [0.29, 0.717) is 0 Å². The molecule has 1 aromatic carbocycles. The van der Waals surface area contributed by atoms with Crippen LogP contribution >= 0.6 is 11.6 Å². The van der Waals surface area contributed by atoms with E-state index in [-0.39, 0.29) is 5.38 Å². The van der Waals surface area contributed by atoms with Crippen molar-refractivity contribution in [3.63, 3.8) is 0 Å². The van der Waals surface area contributed by atoms with E-state index >= 15 is 0 Å². The van der Waals surface area contributed by atoms with Gasteiger partial charge < -0.3 is 9.84 Å². The van der Waals surface area contributed by atoms with Crippen LogP contribution in [0.5, 0.6) is 5.75 Å². The van der Waals surface area contributed by atoms with E-state index in [1.807, 2.05) is 26.0 Å². The van der Waals surface area contributed by atoms with E-state index in [1.54, 1.807) is 14.0 Å². The normalized spacial score (nSPS) is 14.8. The van der Waals surface area contributed by atoms with Gasteiger partial charge in [-0.15, -0.1) is 11.6 Å². The highest BCUT2D eigenvalue weighted by Gasteiger charge is 2.19. The highest BCUT2D eigenvalue weighted by Crippen LogP contribution is 2.33. The molecule has 0 spiro atoms. The molecule has 0 saturated carbocycles. The second-order valence-electron chi connectivity index (χ2n) is 3.83. The summed E-state index contributed by atoms with van der Waals surface area (Å²) in [5.41, 5.74) is 2.88. The quantitative estimate of drug-likeness (QED) is 0.806. The molecular weight excluding hydrogens is 212 g/mol. The number of aliphatic hydroxyl groups is 1. The molecule has 2 unspecified atom stereocenters. The summed E-state index contributed by atoms with van der Waals surface area (Å²) in [6.07, 6.45) is -0.694. The minimum Gasteiger partial charge on any atom is -0.496 e. The summed E-state index contributed by atoms with van der Waals surface area (Å²) in [7, 11) is 1.60. The standard InChI is InChI=1S/C12H17ClO2/c1-7-5-8(2)12(15-4)10(6-7)11(14)9(3)13/h5-6,9,11,14H,1-4H3. The molecule has 0 aromatic heterocycles. The molecule has 1 aromatic rings. The third kappa shape index (κ3) is 2.64. The Bertz CT molecular complexity index is 348. The number of methoxy groups -OCH3 is 1. The lowest BCUT2D eigenvalue weighted by Crippen LogP contribution is -2.10. The molecule has 0 fully saturated rings. The topological polar surface area (TPSA) is 29.5 Å². The first-order valence-corrected chi connectivity index (χ1v) is 5.38. The van der Waals surface area contributed by atoms with Crippen molar-refractivity contribution in [2.75, 3.05) is 7.11 Å². The minimum atomic E-state index is -0.694. The van der Waals surface area contributed by atoms with Crippen LogP contribution in [-0.4, -0.2) is 17.6 Å². The molecule has 0 aliphatic heterocycles. The molecule has 1 N–H and O–H groups in total. The second kappa shape index (κ2) is 4.86. The Balaban J connectivity index is 3.26. The highest BCUT2D eigenvalue weighted by atomic mass is 35.5. The molecule has 0 heterocycles. The van der Waals surface area contributed by atoms with Gasteiger partial charge in [0.15, 0.2) is 0 Å². The number of ether oxygens (including phenoxy) is 1. The molecule has 0 aliphatic rings. The van der Waals surface area contributed by atoms with Gasteiger partial charge in [0.2, 0.25) is 0 Å². The largest absolute Gasteiger partial charge is 0.496 e. The Kier molecular flexibility index (Phi) is 4.00. The number of aliphatic hydroxyl groups excluding tert-OH is 1. The summed E-state index contributed by atoms with van der Waals surface area (Å²) in [4.78, 5) is 0. The molecule has 0 aliphatic carbocycles. The van der Waals surface area contributed by atoms with Crippen LogP contribution in [0.3, 0.4) is 0 Å². The molecule has 84 valence electrons. The first-order valence-electron chi connectivity index (χ1n) is 4.94. The molecule has 15 heavy (non-hydrogen) atoms. The Hall–Kier alpha value is -0.730. The molecular formula is C12H17ClO2. The first-order chi connectivity index (χ1) is 6.97. The van der Waals surface area contributed by atoms with Crippen molar-refractivity contribution in [2.45, 2.75) is 32.3 Å². The van der Waals surface area contributed by atoms with Crippen molar-refractivity contribution in [1.29, 1.82) is 0 Å². The van der Waals surface area contributed by atoms with Crippen molar-refractivity contribution in [1.82, 2.24) is 0 Å². The Labute approximate surface area is 95.8 Å². The maximum absolute atomic E-state index is 9.95. The Morgan fingerprint density at radius 3 is 2.40 bits per heavy atom. The van der Waals surface area contributed by atoms with Crippen LogP contribution in [0.15, 0.2) is 12.1 Å². The van der Waals surface area contributed by atoms with Crippen LogP contribution in [0.2, 0.25) is 0 Å². The zero-order chi connectivity index (χ0) is 11.6. The first kappa shape index (κ1) is 12.3. The lowest BCUT2D eigenvalue weighted by Gasteiger charge is -2.19. The number of halogens is 1. The average molecular weight is 229 g/mol. The van der Waals surface area contributed by atoms with Gasteiger partial charge in [-0.05, 0) is 32.4 Å². The zero-order valence-electron chi connectivity index (χ0n) is 9.54. The van der Waals surface area contributed by atoms with Crippen LogP contribution in [0.4, 0.5) is 0 Å². The summed E-state index contributed by atoms with van der Waals surface area (Å²) in [5, 5.41) is 9.61. The number of hydrogen-bond acceptors (Lipinski definition) is 2. The average Bonchev–Trinajstić information content (AvgIpc) is 2.15. The SMILES string of the molecule is COc1c(C)cc(C)cc1C(O)C(C)Cl. The fraction of sp³-hybridized carbons (Fsp3) is 0.500. The predicted octanol–water partition coefficient (Wildman–Crippen LogP) is 2.97. The molecule has 1 rings (SSSR count). The fourth-order valence-corrected chi connectivity index (χ4v) is 1.87. The minimum absolute atomic E-state index is 0.333. The molecule has 0 amide bonds. The summed E-state index contributed by atoms with van der Waals surface area (Å²) >= 11 is 5.89. The molecule has 2 atom stereocenters. The third-order valence-corrected chi connectivity index (χ3v) is 2.64. The van der Waals surface area contributed by atoms with Gasteiger partial charge in [0.1, 0.15) is 5.75 Å². The van der Waals surface area contributed by atoms with Crippen LogP contribution in [0, 0.1) is 13.8 Å². The van der Waals surface area contributed by atoms with Gasteiger partial charge in [0.05, 0.1) is 18.6 Å². The van der Waals surface area contributed by atoms with Crippen molar-refractivity contribution in [3.8, 4) is 5.75 Å². The van der Waals surface area contributed by atoms with Crippen LogP contribution in [0.1, 0.15) is 29.7 Å². The van der Waals surface area contributed by atoms with Crippen LogP contribution < -0.4 is 4.74 Å². The van der Waals surface area contributed by atoms with Crippen LogP contribution in [0.25, 0.3) is 0 Å². The predicted molar refractivity (Wildman–Crippen MR) is 62.7 cm³/mol. The highest BCUT2D eigenvalue weighted by molar-refractivity contribution is 6.20. The van der Waals surface area contributed by atoms with E-state index in [9.17, 15) is 5.11 Å². The molecule has 3 heteroatoms. The number of hydrogen-bond donors (Lipinski definition) is 1. The van der Waals surface area contributed by atoms with Crippen molar-refractivity contribution in [2.24, 2.45) is 0 Å². The van der Waals surface area contributed by atoms with Gasteiger partial charge in [0, 0.05) is 5.56 Å². The lowest BCUT2D eigenvalue weighted by atomic mass is 10.00. The van der Waals surface area contributed by atoms with Gasteiger partial charge in [-0.25, -0.2) is 0 Å². The molecule has 0 radical (unpaired) electrons. The summed E-state index contributed by atoms with van der Waals surface area (Å²) in [5.74, 6) is 0.723. The van der Waals surface area contributed by atoms with Gasteiger partial charge in [-0.1, -0.05) is 11.6 Å². The molecule has 0 saturated heterocycles. The van der Waals surface area contributed by atoms with Gasteiger partial charge in [-0.2, -0.15) is 0 Å². The van der Waals surface area contributed by atoms with Crippen LogP contribution in [-0.2, 0) is 0 Å². The summed E-state index contributed by atoms with van der Waals surface area (Å²) in [6, 6.07) is 3.93. The number of benzene rings is 1. The lowest BCUT2D eigenvalue weighted by molar-refractivity contribution is 0.172. The van der Waals surface area contributed by atoms with E-state index in [4.69, 9.17) is 16.3 Å². The number of rotatable bonds is 3. The Morgan fingerprint density at radius 1 is 1.33 bits per heavy atom. The smallest absolute Gasteiger partial charge is 0.127 e. The van der Waals surface area contributed by atoms with E-state index < -0.39 is 6.10 Å². The fourth-order valence-electron chi connectivity index (χ4n) is 1.73. The number of alkyl halides is 1. The van der Waals surface area contributed by atoms with Gasteiger partial charge in [-0.3, -0.25) is 0 Å². The van der Waals surface area contributed by atoms with Gasteiger partial charge >= 0.3 is 0 Å². The summed E-state index contributed by atoms with van der Waals surface area (Å²) < 4.78 is 5.28. The van der Waals surface area contributed by atoms with E-state index in [1.165, 1.54) is 0 Å². The van der Waals surface area contributed by atoms with Crippen molar-refractivity contribution < 1.29 is 9.84 Å². The zero-order valence-corrected chi connectivity index (χ0v) is 10.3. The second-order valence-corrected chi connectivity index (χ2v) is 4.52. The van der Waals surface area contributed by atoms with Crippen molar-refractivity contribution in [3.05, 3.63) is 28.8 Å². The van der Waals surface area contributed by atoms with E-state index in [2.05, 4.69) is 0 Å². The maximum atomic E-state index is 9.95. The Morgan fingerprint density at radius 2 is 1.93 bits per heavy atom.